The predicted octanol–water partition coefficient (Wildman–Crippen LogP) is 2.67. The molecule has 1 aromatic heterocycles. The molecule has 1 aliphatic rings. The molecule has 2 heterocycles. The molecule has 4 nitrogen and oxygen atoms in total. The van der Waals surface area contributed by atoms with Gasteiger partial charge in [-0.1, -0.05) is 11.6 Å². The zero-order valence-corrected chi connectivity index (χ0v) is 13.0. The van der Waals surface area contributed by atoms with Gasteiger partial charge in [-0.25, -0.2) is 0 Å². The average Bonchev–Trinajstić information content (AvgIpc) is 2.97. The third-order valence-corrected chi connectivity index (χ3v) is 4.11. The Morgan fingerprint density at radius 2 is 1.95 bits per heavy atom. The predicted molar refractivity (Wildman–Crippen MR) is 88.2 cm³/mol. The highest BCUT2D eigenvalue weighted by Crippen LogP contribution is 2.22. The highest BCUT2D eigenvalue weighted by atomic mass is 35.5. The first-order valence-corrected chi connectivity index (χ1v) is 7.77. The normalized spacial score (nSPS) is 17.5. The van der Waals surface area contributed by atoms with Crippen molar-refractivity contribution in [3.05, 3.63) is 59.4 Å². The van der Waals surface area contributed by atoms with E-state index in [0.717, 1.165) is 35.8 Å². The van der Waals surface area contributed by atoms with E-state index in [1.54, 1.807) is 12.4 Å². The Balaban J connectivity index is 1.52. The highest BCUT2D eigenvalue weighted by molar-refractivity contribution is 6.30. The van der Waals surface area contributed by atoms with Crippen LogP contribution in [0, 0.1) is 0 Å². The van der Waals surface area contributed by atoms with Crippen LogP contribution in [0.3, 0.4) is 0 Å². The molecule has 22 heavy (non-hydrogen) atoms. The van der Waals surface area contributed by atoms with Gasteiger partial charge < -0.3 is 10.2 Å². The molecule has 2 aromatic rings. The van der Waals surface area contributed by atoms with Gasteiger partial charge >= 0.3 is 0 Å². The number of benzene rings is 1. The zero-order chi connectivity index (χ0) is 15.4. The summed E-state index contributed by atoms with van der Waals surface area (Å²) in [4.78, 5) is 18.3. The van der Waals surface area contributed by atoms with Crippen LogP contribution in [0.4, 0.5) is 5.69 Å². The first-order chi connectivity index (χ1) is 10.7. The minimum Gasteiger partial charge on any atom is -0.369 e. The van der Waals surface area contributed by atoms with Gasteiger partial charge in [-0.05, 0) is 48.4 Å². The number of pyridine rings is 1. The Labute approximate surface area is 135 Å². The maximum atomic E-state index is 12.1. The Morgan fingerprint density at radius 3 is 2.68 bits per heavy atom. The smallest absolute Gasteiger partial charge is 0.224 e. The van der Waals surface area contributed by atoms with Crippen molar-refractivity contribution in [1.82, 2.24) is 10.3 Å². The Hall–Kier alpha value is -2.07. The number of carbonyl (C=O) groups excluding carboxylic acids is 1. The minimum atomic E-state index is 0.0640. The number of halogens is 1. The molecule has 1 aliphatic heterocycles. The van der Waals surface area contributed by atoms with Crippen molar-refractivity contribution in [3.63, 3.8) is 0 Å². The van der Waals surface area contributed by atoms with Gasteiger partial charge in [0.05, 0.1) is 6.42 Å². The summed E-state index contributed by atoms with van der Waals surface area (Å²) in [6, 6.07) is 11.8. The largest absolute Gasteiger partial charge is 0.369 e. The van der Waals surface area contributed by atoms with Crippen molar-refractivity contribution >= 4 is 23.2 Å². The first kappa shape index (κ1) is 14.9. The summed E-state index contributed by atoms with van der Waals surface area (Å²) in [5.74, 6) is 0.0640. The molecular weight excluding hydrogens is 298 g/mol. The van der Waals surface area contributed by atoms with Gasteiger partial charge in [0.2, 0.25) is 5.91 Å². The van der Waals surface area contributed by atoms with Gasteiger partial charge in [-0.15, -0.1) is 0 Å². The molecule has 0 radical (unpaired) electrons. The fraction of sp³-hybridized carbons (Fsp3) is 0.294. The number of anilines is 1. The van der Waals surface area contributed by atoms with Crippen molar-refractivity contribution in [2.45, 2.75) is 18.9 Å². The molecule has 1 unspecified atom stereocenters. The highest BCUT2D eigenvalue weighted by Gasteiger charge is 2.23. The number of hydrogen-bond acceptors (Lipinski definition) is 3. The monoisotopic (exact) mass is 315 g/mol. The Bertz CT molecular complexity index is 630. The van der Waals surface area contributed by atoms with Gasteiger partial charge in [-0.3, -0.25) is 9.78 Å². The van der Waals surface area contributed by atoms with Gasteiger partial charge in [-0.2, -0.15) is 0 Å². The fourth-order valence-corrected chi connectivity index (χ4v) is 2.86. The van der Waals surface area contributed by atoms with E-state index < -0.39 is 0 Å². The van der Waals surface area contributed by atoms with Crippen LogP contribution >= 0.6 is 11.6 Å². The number of carbonyl (C=O) groups is 1. The topological polar surface area (TPSA) is 45.2 Å². The molecule has 1 N–H and O–H groups in total. The lowest BCUT2D eigenvalue weighted by atomic mass is 10.2. The Kier molecular flexibility index (Phi) is 4.59. The maximum Gasteiger partial charge on any atom is 0.224 e. The lowest BCUT2D eigenvalue weighted by Crippen LogP contribution is -2.37. The summed E-state index contributed by atoms with van der Waals surface area (Å²) >= 11 is 5.91. The molecule has 5 heteroatoms. The van der Waals surface area contributed by atoms with Crippen LogP contribution < -0.4 is 10.2 Å². The van der Waals surface area contributed by atoms with E-state index in [9.17, 15) is 4.79 Å². The molecule has 0 saturated carbocycles. The molecule has 0 aliphatic carbocycles. The van der Waals surface area contributed by atoms with Crippen LogP contribution in [0.15, 0.2) is 48.8 Å². The SMILES string of the molecule is O=C(Cc1ccncc1)NC1CCN(c2ccc(Cl)cc2)C1. The van der Waals surface area contributed by atoms with Crippen molar-refractivity contribution in [3.8, 4) is 0 Å². The second-order valence-corrected chi connectivity index (χ2v) is 5.94. The summed E-state index contributed by atoms with van der Waals surface area (Å²) < 4.78 is 0. The van der Waals surface area contributed by atoms with Crippen LogP contribution in [0.1, 0.15) is 12.0 Å². The first-order valence-electron chi connectivity index (χ1n) is 7.39. The van der Waals surface area contributed by atoms with Crippen LogP contribution in [0.2, 0.25) is 5.02 Å². The lowest BCUT2D eigenvalue weighted by Gasteiger charge is -2.19. The summed E-state index contributed by atoms with van der Waals surface area (Å²) in [6.07, 6.45) is 4.78. The van der Waals surface area contributed by atoms with E-state index in [2.05, 4.69) is 15.2 Å². The van der Waals surface area contributed by atoms with Crippen molar-refractivity contribution in [2.75, 3.05) is 18.0 Å². The van der Waals surface area contributed by atoms with E-state index in [1.165, 1.54) is 0 Å². The second kappa shape index (κ2) is 6.79. The number of hydrogen-bond donors (Lipinski definition) is 1. The molecule has 0 bridgehead atoms. The number of aromatic nitrogens is 1. The minimum absolute atomic E-state index is 0.0640. The molecule has 0 spiro atoms. The summed E-state index contributed by atoms with van der Waals surface area (Å²) in [7, 11) is 0. The van der Waals surface area contributed by atoms with Crippen molar-refractivity contribution < 1.29 is 4.79 Å². The quantitative estimate of drug-likeness (QED) is 0.943. The van der Waals surface area contributed by atoms with Crippen LogP contribution in [0.5, 0.6) is 0 Å². The van der Waals surface area contributed by atoms with Gasteiger partial charge in [0.15, 0.2) is 0 Å². The molecule has 1 saturated heterocycles. The number of amides is 1. The third kappa shape index (κ3) is 3.77. The fourth-order valence-electron chi connectivity index (χ4n) is 2.73. The van der Waals surface area contributed by atoms with E-state index in [-0.39, 0.29) is 11.9 Å². The number of nitrogens with zero attached hydrogens (tertiary/aromatic N) is 2. The van der Waals surface area contributed by atoms with E-state index in [0.29, 0.717) is 6.42 Å². The number of rotatable bonds is 4. The van der Waals surface area contributed by atoms with Crippen LogP contribution in [-0.2, 0) is 11.2 Å². The van der Waals surface area contributed by atoms with Gasteiger partial charge in [0.1, 0.15) is 0 Å². The van der Waals surface area contributed by atoms with Gasteiger partial charge in [0, 0.05) is 42.2 Å². The summed E-state index contributed by atoms with van der Waals surface area (Å²) in [6.45, 7) is 1.78. The molecule has 1 amide bonds. The number of nitrogens with one attached hydrogen (secondary N) is 1. The molecular formula is C17H18ClN3O. The van der Waals surface area contributed by atoms with E-state index in [1.807, 2.05) is 36.4 Å². The van der Waals surface area contributed by atoms with Crippen molar-refractivity contribution in [1.29, 1.82) is 0 Å². The average molecular weight is 316 g/mol. The second-order valence-electron chi connectivity index (χ2n) is 5.51. The summed E-state index contributed by atoms with van der Waals surface area (Å²) in [5.41, 5.74) is 2.13. The third-order valence-electron chi connectivity index (χ3n) is 3.86. The lowest BCUT2D eigenvalue weighted by molar-refractivity contribution is -0.121. The van der Waals surface area contributed by atoms with E-state index >= 15 is 0 Å². The molecule has 1 aromatic carbocycles. The van der Waals surface area contributed by atoms with Crippen LogP contribution in [-0.4, -0.2) is 30.0 Å². The maximum absolute atomic E-state index is 12.1. The molecule has 1 fully saturated rings. The molecule has 114 valence electrons. The molecule has 1 atom stereocenters. The Morgan fingerprint density at radius 1 is 1.23 bits per heavy atom. The van der Waals surface area contributed by atoms with Crippen molar-refractivity contribution in [2.24, 2.45) is 0 Å². The standard InChI is InChI=1S/C17H18ClN3O/c18-14-1-3-16(4-2-14)21-10-7-15(12-21)20-17(22)11-13-5-8-19-9-6-13/h1-6,8-9,15H,7,10-12H2,(H,20,22). The van der Waals surface area contributed by atoms with Crippen LogP contribution in [0.25, 0.3) is 0 Å². The summed E-state index contributed by atoms with van der Waals surface area (Å²) in [5, 5.41) is 3.85. The zero-order valence-electron chi connectivity index (χ0n) is 12.2. The molecule has 3 rings (SSSR count). The van der Waals surface area contributed by atoms with Gasteiger partial charge in [0.25, 0.3) is 0 Å². The van der Waals surface area contributed by atoms with E-state index in [4.69, 9.17) is 11.6 Å².